The molecule has 29 heavy (non-hydrogen) atoms. The highest BCUT2D eigenvalue weighted by Gasteiger charge is 2.26. The number of hydrogen-bond acceptors (Lipinski definition) is 5. The normalized spacial score (nSPS) is 19.5. The Bertz CT molecular complexity index is 574. The van der Waals surface area contributed by atoms with Crippen LogP contribution in [0.2, 0.25) is 0 Å². The van der Waals surface area contributed by atoms with E-state index < -0.39 is 0 Å². The molecule has 2 N–H and O–H groups in total. The molecule has 1 aliphatic heterocycles. The molecule has 2 unspecified atom stereocenters. The van der Waals surface area contributed by atoms with Crippen molar-refractivity contribution in [2.75, 3.05) is 46.4 Å². The van der Waals surface area contributed by atoms with Gasteiger partial charge in [-0.2, -0.15) is 0 Å². The van der Waals surface area contributed by atoms with Crippen molar-refractivity contribution in [2.24, 2.45) is 4.99 Å². The minimum Gasteiger partial charge on any atom is -0.376 e. The summed E-state index contributed by atoms with van der Waals surface area (Å²) in [5.74, 6) is 0.871. The van der Waals surface area contributed by atoms with Gasteiger partial charge in [-0.3, -0.25) is 14.8 Å². The summed E-state index contributed by atoms with van der Waals surface area (Å²) in [7, 11) is 1.84. The smallest absolute Gasteiger partial charge is 0.191 e. The highest BCUT2D eigenvalue weighted by molar-refractivity contribution is 14.0. The van der Waals surface area contributed by atoms with E-state index in [9.17, 15) is 0 Å². The maximum atomic E-state index is 5.74. The van der Waals surface area contributed by atoms with Crippen LogP contribution in [0.4, 0.5) is 0 Å². The van der Waals surface area contributed by atoms with Gasteiger partial charge in [0.15, 0.2) is 5.96 Å². The standard InChI is InChI=1S/C21H39N5OS.HI/c1-16(2)26(17(3)4)10-9-23-21(22-6)24-14-19(20-8-7-13-28-20)25-11-12-27-18(5)15-25;/h7-8,13,16-19H,9-12,14-15H2,1-6H3,(H2,22,23,24);1H. The van der Waals surface area contributed by atoms with Crippen LogP contribution in [-0.4, -0.2) is 80.3 Å². The number of ether oxygens (including phenoxy) is 1. The van der Waals surface area contributed by atoms with Crippen molar-refractivity contribution in [2.45, 2.75) is 58.8 Å². The van der Waals surface area contributed by atoms with Crippen molar-refractivity contribution in [3.05, 3.63) is 22.4 Å². The van der Waals surface area contributed by atoms with Gasteiger partial charge in [0.05, 0.1) is 18.8 Å². The highest BCUT2D eigenvalue weighted by Crippen LogP contribution is 2.26. The molecule has 0 bridgehead atoms. The van der Waals surface area contributed by atoms with Gasteiger partial charge in [-0.25, -0.2) is 0 Å². The first-order valence-electron chi connectivity index (χ1n) is 10.5. The summed E-state index contributed by atoms with van der Waals surface area (Å²) in [5.41, 5.74) is 0. The first kappa shape index (κ1) is 26.6. The Morgan fingerprint density at radius 2 is 2.03 bits per heavy atom. The van der Waals surface area contributed by atoms with Crippen LogP contribution in [0.15, 0.2) is 22.5 Å². The molecule has 168 valence electrons. The number of morpholine rings is 1. The largest absolute Gasteiger partial charge is 0.376 e. The molecular weight excluding hydrogens is 497 g/mol. The van der Waals surface area contributed by atoms with E-state index in [4.69, 9.17) is 4.74 Å². The average molecular weight is 538 g/mol. The summed E-state index contributed by atoms with van der Waals surface area (Å²) in [4.78, 5) is 10.8. The first-order valence-corrected chi connectivity index (χ1v) is 11.4. The molecule has 0 saturated carbocycles. The Morgan fingerprint density at radius 1 is 1.31 bits per heavy atom. The second-order valence-corrected chi connectivity index (χ2v) is 8.99. The Morgan fingerprint density at radius 3 is 2.59 bits per heavy atom. The van der Waals surface area contributed by atoms with Crippen molar-refractivity contribution in [3.8, 4) is 0 Å². The minimum absolute atomic E-state index is 0. The number of guanidine groups is 1. The van der Waals surface area contributed by atoms with Crippen molar-refractivity contribution in [3.63, 3.8) is 0 Å². The third-order valence-corrected chi connectivity index (χ3v) is 6.23. The molecule has 1 fully saturated rings. The summed E-state index contributed by atoms with van der Waals surface area (Å²) < 4.78 is 5.74. The van der Waals surface area contributed by atoms with Gasteiger partial charge in [0, 0.05) is 56.7 Å². The summed E-state index contributed by atoms with van der Waals surface area (Å²) in [6.07, 6.45) is 0.284. The van der Waals surface area contributed by atoms with E-state index >= 15 is 0 Å². The molecule has 1 aromatic heterocycles. The average Bonchev–Trinajstić information content (AvgIpc) is 3.17. The molecular formula is C21H40IN5OS. The molecule has 1 aromatic rings. The van der Waals surface area contributed by atoms with Gasteiger partial charge in [0.2, 0.25) is 0 Å². The molecule has 8 heteroatoms. The molecule has 6 nitrogen and oxygen atoms in total. The van der Waals surface area contributed by atoms with Gasteiger partial charge < -0.3 is 15.4 Å². The van der Waals surface area contributed by atoms with Crippen molar-refractivity contribution in [1.82, 2.24) is 20.4 Å². The van der Waals surface area contributed by atoms with Crippen LogP contribution in [0.25, 0.3) is 0 Å². The second kappa shape index (κ2) is 13.8. The fourth-order valence-electron chi connectivity index (χ4n) is 3.85. The minimum atomic E-state index is 0. The van der Waals surface area contributed by atoms with Crippen LogP contribution in [0, 0.1) is 0 Å². The van der Waals surface area contributed by atoms with E-state index in [1.165, 1.54) is 4.88 Å². The lowest BCUT2D eigenvalue weighted by molar-refractivity contribution is -0.0334. The van der Waals surface area contributed by atoms with Crippen LogP contribution in [0.3, 0.4) is 0 Å². The quantitative estimate of drug-likeness (QED) is 0.287. The Labute approximate surface area is 198 Å². The van der Waals surface area contributed by atoms with Gasteiger partial charge >= 0.3 is 0 Å². The fraction of sp³-hybridized carbons (Fsp3) is 0.762. The summed E-state index contributed by atoms with van der Waals surface area (Å²) in [6.45, 7) is 16.6. The monoisotopic (exact) mass is 537 g/mol. The molecule has 1 aliphatic rings. The van der Waals surface area contributed by atoms with Gasteiger partial charge in [-0.05, 0) is 46.1 Å². The Kier molecular flexibility index (Phi) is 12.7. The van der Waals surface area contributed by atoms with E-state index in [0.717, 1.165) is 45.3 Å². The zero-order chi connectivity index (χ0) is 20.5. The lowest BCUT2D eigenvalue weighted by atomic mass is 10.1. The third-order valence-electron chi connectivity index (χ3n) is 5.26. The van der Waals surface area contributed by atoms with Gasteiger partial charge in [-0.1, -0.05) is 6.07 Å². The van der Waals surface area contributed by atoms with Crippen LogP contribution in [0.1, 0.15) is 45.5 Å². The fourth-order valence-corrected chi connectivity index (χ4v) is 4.71. The third kappa shape index (κ3) is 8.69. The van der Waals surface area contributed by atoms with E-state index in [0.29, 0.717) is 18.1 Å². The van der Waals surface area contributed by atoms with Gasteiger partial charge in [-0.15, -0.1) is 35.3 Å². The molecule has 1 saturated heterocycles. The second-order valence-electron chi connectivity index (χ2n) is 8.01. The zero-order valence-corrected chi connectivity index (χ0v) is 22.0. The Hall–Kier alpha value is -0.420. The molecule has 0 aliphatic carbocycles. The zero-order valence-electron chi connectivity index (χ0n) is 18.9. The number of nitrogens with zero attached hydrogens (tertiary/aromatic N) is 3. The van der Waals surface area contributed by atoms with Gasteiger partial charge in [0.1, 0.15) is 0 Å². The van der Waals surface area contributed by atoms with Crippen molar-refractivity contribution < 1.29 is 4.74 Å². The number of aliphatic imine (C=N–C) groups is 1. The highest BCUT2D eigenvalue weighted by atomic mass is 127. The number of rotatable bonds is 9. The molecule has 0 spiro atoms. The molecule has 2 atom stereocenters. The summed E-state index contributed by atoms with van der Waals surface area (Å²) in [5, 5.41) is 9.18. The topological polar surface area (TPSA) is 52.1 Å². The van der Waals surface area contributed by atoms with Crippen molar-refractivity contribution in [1.29, 1.82) is 0 Å². The molecule has 2 rings (SSSR count). The number of hydrogen-bond donors (Lipinski definition) is 2. The predicted molar refractivity (Wildman–Crippen MR) is 136 cm³/mol. The molecule has 2 heterocycles. The maximum Gasteiger partial charge on any atom is 0.191 e. The predicted octanol–water partition coefficient (Wildman–Crippen LogP) is 3.41. The lowest BCUT2D eigenvalue weighted by Crippen LogP contribution is -2.49. The van der Waals surface area contributed by atoms with Crippen LogP contribution >= 0.6 is 35.3 Å². The summed E-state index contributed by atoms with van der Waals surface area (Å²) in [6, 6.07) is 5.80. The SMILES string of the molecule is CN=C(NCCN(C(C)C)C(C)C)NCC(c1cccs1)N1CCOC(C)C1.I. The molecule has 0 radical (unpaired) electrons. The van der Waals surface area contributed by atoms with Crippen LogP contribution in [-0.2, 0) is 4.74 Å². The Balaban J connectivity index is 0.00000420. The van der Waals surface area contributed by atoms with E-state index in [1.807, 2.05) is 18.4 Å². The van der Waals surface area contributed by atoms with Crippen molar-refractivity contribution >= 4 is 41.3 Å². The number of halogens is 1. The lowest BCUT2D eigenvalue weighted by Gasteiger charge is -2.37. The molecule has 0 aromatic carbocycles. The number of nitrogens with one attached hydrogen (secondary N) is 2. The molecule has 0 amide bonds. The summed E-state index contributed by atoms with van der Waals surface area (Å²) >= 11 is 1.82. The number of thiophene rings is 1. The van der Waals surface area contributed by atoms with E-state index in [2.05, 4.69) is 77.6 Å². The van der Waals surface area contributed by atoms with E-state index in [1.54, 1.807) is 0 Å². The van der Waals surface area contributed by atoms with Gasteiger partial charge in [0.25, 0.3) is 0 Å². The van der Waals surface area contributed by atoms with Crippen LogP contribution < -0.4 is 10.6 Å². The first-order chi connectivity index (χ1) is 13.4. The maximum absolute atomic E-state index is 5.74. The van der Waals surface area contributed by atoms with E-state index in [-0.39, 0.29) is 30.1 Å². The van der Waals surface area contributed by atoms with Crippen LogP contribution in [0.5, 0.6) is 0 Å².